The minimum atomic E-state index is -0.268. The summed E-state index contributed by atoms with van der Waals surface area (Å²) in [6, 6.07) is 0. The third-order valence-electron chi connectivity index (χ3n) is 2.21. The number of aliphatic hydroxyl groups excluding tert-OH is 1. The lowest BCUT2D eigenvalue weighted by molar-refractivity contribution is -0.0953. The van der Waals surface area contributed by atoms with Gasteiger partial charge in [0.2, 0.25) is 0 Å². The second kappa shape index (κ2) is 5.52. The standard InChI is InChI=1S/C9H18FNO2/c1-8-5-11(4-2-3-10)6-9(7-12)13-8/h8-9,12H,2-7H2,1H3. The van der Waals surface area contributed by atoms with Crippen LogP contribution in [0.1, 0.15) is 13.3 Å². The van der Waals surface area contributed by atoms with E-state index in [0.717, 1.165) is 19.6 Å². The summed E-state index contributed by atoms with van der Waals surface area (Å²) in [5, 5.41) is 8.93. The smallest absolute Gasteiger partial charge is 0.0936 e. The number of ether oxygens (including phenoxy) is 1. The van der Waals surface area contributed by atoms with Gasteiger partial charge in [0.1, 0.15) is 0 Å². The summed E-state index contributed by atoms with van der Waals surface area (Å²) in [5.74, 6) is 0. The van der Waals surface area contributed by atoms with Gasteiger partial charge in [-0.15, -0.1) is 0 Å². The average Bonchev–Trinajstić information content (AvgIpc) is 2.14. The Labute approximate surface area is 78.5 Å². The first-order valence-corrected chi connectivity index (χ1v) is 4.81. The number of alkyl halides is 1. The van der Waals surface area contributed by atoms with Crippen molar-refractivity contribution in [1.29, 1.82) is 0 Å². The van der Waals surface area contributed by atoms with Gasteiger partial charge in [0, 0.05) is 19.6 Å². The van der Waals surface area contributed by atoms with Crippen molar-refractivity contribution >= 4 is 0 Å². The van der Waals surface area contributed by atoms with Crippen LogP contribution in [0.25, 0.3) is 0 Å². The van der Waals surface area contributed by atoms with E-state index in [-0.39, 0.29) is 25.5 Å². The van der Waals surface area contributed by atoms with E-state index in [0.29, 0.717) is 6.42 Å². The molecule has 2 unspecified atom stereocenters. The Hall–Kier alpha value is -0.190. The molecule has 0 saturated carbocycles. The van der Waals surface area contributed by atoms with Crippen LogP contribution in [0, 0.1) is 0 Å². The van der Waals surface area contributed by atoms with E-state index >= 15 is 0 Å². The molecule has 4 heteroatoms. The molecular weight excluding hydrogens is 173 g/mol. The van der Waals surface area contributed by atoms with Crippen LogP contribution in [0.2, 0.25) is 0 Å². The summed E-state index contributed by atoms with van der Waals surface area (Å²) in [6.07, 6.45) is 0.624. The van der Waals surface area contributed by atoms with Crippen molar-refractivity contribution in [3.05, 3.63) is 0 Å². The zero-order valence-corrected chi connectivity index (χ0v) is 8.08. The van der Waals surface area contributed by atoms with Gasteiger partial charge in [0.15, 0.2) is 0 Å². The maximum atomic E-state index is 11.9. The van der Waals surface area contributed by atoms with E-state index in [2.05, 4.69) is 4.90 Å². The van der Waals surface area contributed by atoms with Gasteiger partial charge in [-0.1, -0.05) is 0 Å². The van der Waals surface area contributed by atoms with Crippen molar-refractivity contribution < 1.29 is 14.2 Å². The van der Waals surface area contributed by atoms with Crippen LogP contribution in [-0.4, -0.2) is 55.1 Å². The number of rotatable bonds is 4. The van der Waals surface area contributed by atoms with E-state index in [4.69, 9.17) is 9.84 Å². The molecule has 0 aliphatic carbocycles. The summed E-state index contributed by atoms with van der Waals surface area (Å²) in [5.41, 5.74) is 0. The first-order chi connectivity index (χ1) is 6.26. The quantitative estimate of drug-likeness (QED) is 0.699. The fourth-order valence-corrected chi connectivity index (χ4v) is 1.71. The van der Waals surface area contributed by atoms with Crippen molar-refractivity contribution in [3.8, 4) is 0 Å². The number of morpholine rings is 1. The van der Waals surface area contributed by atoms with Crippen LogP contribution < -0.4 is 0 Å². The summed E-state index contributed by atoms with van der Waals surface area (Å²) in [4.78, 5) is 2.15. The van der Waals surface area contributed by atoms with Gasteiger partial charge in [-0.2, -0.15) is 0 Å². The largest absolute Gasteiger partial charge is 0.394 e. The number of aliphatic hydroxyl groups is 1. The average molecular weight is 191 g/mol. The lowest BCUT2D eigenvalue weighted by Gasteiger charge is -2.35. The first-order valence-electron chi connectivity index (χ1n) is 4.81. The van der Waals surface area contributed by atoms with Crippen molar-refractivity contribution in [3.63, 3.8) is 0 Å². The minimum absolute atomic E-state index is 0.0520. The van der Waals surface area contributed by atoms with Gasteiger partial charge < -0.3 is 9.84 Å². The molecule has 78 valence electrons. The molecule has 1 aliphatic heterocycles. The molecule has 0 amide bonds. The molecule has 3 nitrogen and oxygen atoms in total. The molecule has 13 heavy (non-hydrogen) atoms. The molecule has 0 bridgehead atoms. The van der Waals surface area contributed by atoms with Gasteiger partial charge >= 0.3 is 0 Å². The fourth-order valence-electron chi connectivity index (χ4n) is 1.71. The van der Waals surface area contributed by atoms with E-state index in [1.807, 2.05) is 6.92 Å². The van der Waals surface area contributed by atoms with E-state index < -0.39 is 0 Å². The minimum Gasteiger partial charge on any atom is -0.394 e. The first kappa shape index (κ1) is 10.9. The lowest BCUT2D eigenvalue weighted by Crippen LogP contribution is -2.48. The van der Waals surface area contributed by atoms with Gasteiger partial charge in [0.25, 0.3) is 0 Å². The normalized spacial score (nSPS) is 30.7. The van der Waals surface area contributed by atoms with Gasteiger partial charge in [-0.3, -0.25) is 9.29 Å². The molecular formula is C9H18FNO2. The van der Waals surface area contributed by atoms with Crippen LogP contribution >= 0.6 is 0 Å². The molecule has 0 spiro atoms. The topological polar surface area (TPSA) is 32.7 Å². The summed E-state index contributed by atoms with van der Waals surface area (Å²) < 4.78 is 17.4. The van der Waals surface area contributed by atoms with Crippen LogP contribution in [0.3, 0.4) is 0 Å². The summed E-state index contributed by atoms with van der Waals surface area (Å²) in [6.45, 7) is 4.09. The highest BCUT2D eigenvalue weighted by molar-refractivity contribution is 4.74. The second-order valence-electron chi connectivity index (χ2n) is 3.55. The number of hydrogen-bond acceptors (Lipinski definition) is 3. The molecule has 1 saturated heterocycles. The Bertz CT molecular complexity index is 146. The van der Waals surface area contributed by atoms with E-state index in [1.54, 1.807) is 0 Å². The fraction of sp³-hybridized carbons (Fsp3) is 1.00. The van der Waals surface area contributed by atoms with Crippen molar-refractivity contribution in [2.75, 3.05) is 32.9 Å². The lowest BCUT2D eigenvalue weighted by atomic mass is 10.2. The molecule has 0 aromatic heterocycles. The number of hydrogen-bond donors (Lipinski definition) is 1. The van der Waals surface area contributed by atoms with Crippen LogP contribution in [-0.2, 0) is 4.74 Å². The Morgan fingerprint density at radius 1 is 1.54 bits per heavy atom. The van der Waals surface area contributed by atoms with Crippen molar-refractivity contribution in [2.45, 2.75) is 25.6 Å². The van der Waals surface area contributed by atoms with Gasteiger partial charge in [-0.05, 0) is 13.3 Å². The third kappa shape index (κ3) is 3.58. The molecule has 0 aromatic carbocycles. The van der Waals surface area contributed by atoms with Crippen LogP contribution in [0.5, 0.6) is 0 Å². The summed E-state index contributed by atoms with van der Waals surface area (Å²) in [7, 11) is 0. The van der Waals surface area contributed by atoms with Gasteiger partial charge in [0.05, 0.1) is 25.5 Å². The molecule has 1 N–H and O–H groups in total. The zero-order valence-electron chi connectivity index (χ0n) is 8.08. The van der Waals surface area contributed by atoms with Gasteiger partial charge in [-0.25, -0.2) is 0 Å². The highest BCUT2D eigenvalue weighted by Gasteiger charge is 2.23. The Morgan fingerprint density at radius 2 is 2.31 bits per heavy atom. The Balaban J connectivity index is 2.29. The maximum Gasteiger partial charge on any atom is 0.0936 e. The van der Waals surface area contributed by atoms with E-state index in [1.165, 1.54) is 0 Å². The Kier molecular flexibility index (Phi) is 4.62. The monoisotopic (exact) mass is 191 g/mol. The van der Waals surface area contributed by atoms with Crippen LogP contribution in [0.4, 0.5) is 4.39 Å². The molecule has 1 heterocycles. The number of halogens is 1. The molecule has 1 aliphatic rings. The van der Waals surface area contributed by atoms with Crippen LogP contribution in [0.15, 0.2) is 0 Å². The molecule has 1 rings (SSSR count). The number of nitrogens with zero attached hydrogens (tertiary/aromatic N) is 1. The molecule has 1 fully saturated rings. The van der Waals surface area contributed by atoms with Crippen molar-refractivity contribution in [1.82, 2.24) is 4.90 Å². The summed E-state index contributed by atoms with van der Waals surface area (Å²) >= 11 is 0. The predicted octanol–water partition coefficient (Wildman–Crippen LogP) is 0.428. The molecule has 0 aromatic rings. The molecule has 2 atom stereocenters. The predicted molar refractivity (Wildman–Crippen MR) is 48.5 cm³/mol. The third-order valence-corrected chi connectivity index (χ3v) is 2.21. The highest BCUT2D eigenvalue weighted by Crippen LogP contribution is 2.10. The molecule has 0 radical (unpaired) electrons. The Morgan fingerprint density at radius 3 is 2.92 bits per heavy atom. The van der Waals surface area contributed by atoms with E-state index in [9.17, 15) is 4.39 Å². The highest BCUT2D eigenvalue weighted by atomic mass is 19.1. The second-order valence-corrected chi connectivity index (χ2v) is 3.55. The zero-order chi connectivity index (χ0) is 9.68. The SMILES string of the molecule is CC1CN(CCCF)CC(CO)O1. The van der Waals surface area contributed by atoms with Crippen molar-refractivity contribution in [2.24, 2.45) is 0 Å². The maximum absolute atomic E-state index is 11.9.